The van der Waals surface area contributed by atoms with Gasteiger partial charge in [-0.05, 0) is 82.1 Å². The van der Waals surface area contributed by atoms with Crippen molar-refractivity contribution in [2.75, 3.05) is 6.61 Å². The van der Waals surface area contributed by atoms with Crippen molar-refractivity contribution < 1.29 is 19.4 Å². The Bertz CT molecular complexity index is 1020. The standard InChI is InChI=1S/C29H42N2O4/c1-20(2)22-12-10-21(11-13-22)8-7-9-26(33)25-15-14-24(31(25)6)23-16-17-29(18-23,19-32)30-27(34)35-28(3,4)5/h10-15,20,23,32H,7-9,16-19H2,1-6H3,(H,30,34)/t23-,29+/m0/s1. The quantitative estimate of drug-likeness (QED) is 0.438. The number of ether oxygens (including phenoxy) is 1. The highest BCUT2D eigenvalue weighted by molar-refractivity contribution is 5.94. The molecule has 1 aliphatic rings. The van der Waals surface area contributed by atoms with E-state index in [0.29, 0.717) is 25.2 Å². The summed E-state index contributed by atoms with van der Waals surface area (Å²) in [5.41, 5.74) is 3.09. The third-order valence-electron chi connectivity index (χ3n) is 7.06. The maximum absolute atomic E-state index is 13.0. The van der Waals surface area contributed by atoms with Crippen LogP contribution in [-0.4, -0.2) is 39.3 Å². The van der Waals surface area contributed by atoms with Crippen LogP contribution in [-0.2, 0) is 18.2 Å². The lowest BCUT2D eigenvalue weighted by Crippen LogP contribution is -2.51. The molecule has 3 rings (SSSR count). The lowest BCUT2D eigenvalue weighted by atomic mass is 9.95. The molecule has 0 spiro atoms. The highest BCUT2D eigenvalue weighted by Crippen LogP contribution is 2.41. The van der Waals surface area contributed by atoms with Crippen LogP contribution in [0.25, 0.3) is 0 Å². The molecular formula is C29H42N2O4. The Kier molecular flexibility index (Phi) is 8.47. The van der Waals surface area contributed by atoms with Crippen LogP contribution < -0.4 is 5.32 Å². The second kappa shape index (κ2) is 11.0. The van der Waals surface area contributed by atoms with Crippen LogP contribution in [0.15, 0.2) is 36.4 Å². The first kappa shape index (κ1) is 27.0. The lowest BCUT2D eigenvalue weighted by molar-refractivity contribution is 0.0401. The number of alkyl carbamates (subject to hydrolysis) is 1. The van der Waals surface area contributed by atoms with Gasteiger partial charge < -0.3 is 19.7 Å². The number of ketones is 1. The largest absolute Gasteiger partial charge is 0.444 e. The summed E-state index contributed by atoms with van der Waals surface area (Å²) in [5, 5.41) is 13.0. The molecule has 0 radical (unpaired) electrons. The third-order valence-corrected chi connectivity index (χ3v) is 7.06. The fraction of sp³-hybridized carbons (Fsp3) is 0.586. The predicted molar refractivity (Wildman–Crippen MR) is 139 cm³/mol. The first-order chi connectivity index (χ1) is 16.4. The molecule has 1 saturated carbocycles. The number of rotatable bonds is 9. The van der Waals surface area contributed by atoms with Crippen LogP contribution in [0.1, 0.15) is 106 Å². The van der Waals surface area contributed by atoms with Gasteiger partial charge in [0, 0.05) is 25.1 Å². The number of aliphatic hydroxyl groups excluding tert-OH is 1. The maximum atomic E-state index is 13.0. The first-order valence-corrected chi connectivity index (χ1v) is 12.8. The van der Waals surface area contributed by atoms with Crippen LogP contribution in [0.5, 0.6) is 0 Å². The van der Waals surface area contributed by atoms with E-state index < -0.39 is 17.2 Å². The lowest BCUT2D eigenvalue weighted by Gasteiger charge is -2.30. The zero-order chi connectivity index (χ0) is 25.8. The van der Waals surface area contributed by atoms with Crippen LogP contribution >= 0.6 is 0 Å². The van der Waals surface area contributed by atoms with E-state index in [9.17, 15) is 14.7 Å². The van der Waals surface area contributed by atoms with E-state index in [0.717, 1.165) is 30.7 Å². The molecule has 1 aromatic carbocycles. The van der Waals surface area contributed by atoms with Crippen molar-refractivity contribution in [2.24, 2.45) is 7.05 Å². The van der Waals surface area contributed by atoms with Crippen LogP contribution in [0, 0.1) is 0 Å². The van der Waals surface area contributed by atoms with Gasteiger partial charge in [0.1, 0.15) is 5.60 Å². The number of benzene rings is 1. The van der Waals surface area contributed by atoms with E-state index in [-0.39, 0.29) is 18.3 Å². The molecule has 1 aromatic heterocycles. The fourth-order valence-corrected chi connectivity index (χ4v) is 5.06. The minimum absolute atomic E-state index is 0.142. The monoisotopic (exact) mass is 482 g/mol. The van der Waals surface area contributed by atoms with Gasteiger partial charge in [-0.25, -0.2) is 4.79 Å². The van der Waals surface area contributed by atoms with Crippen molar-refractivity contribution in [1.29, 1.82) is 0 Å². The highest BCUT2D eigenvalue weighted by atomic mass is 16.6. The van der Waals surface area contributed by atoms with Gasteiger partial charge in [-0.1, -0.05) is 38.1 Å². The fourth-order valence-electron chi connectivity index (χ4n) is 5.06. The van der Waals surface area contributed by atoms with E-state index in [1.54, 1.807) is 0 Å². The Balaban J connectivity index is 1.58. The molecule has 2 atom stereocenters. The Morgan fingerprint density at radius 1 is 1.17 bits per heavy atom. The molecule has 0 saturated heterocycles. The van der Waals surface area contributed by atoms with Gasteiger partial charge in [-0.15, -0.1) is 0 Å². The van der Waals surface area contributed by atoms with Gasteiger partial charge in [-0.3, -0.25) is 4.79 Å². The van der Waals surface area contributed by atoms with Crippen molar-refractivity contribution in [2.45, 2.75) is 96.1 Å². The summed E-state index contributed by atoms with van der Waals surface area (Å²) in [6.45, 7) is 9.70. The first-order valence-electron chi connectivity index (χ1n) is 12.8. The summed E-state index contributed by atoms with van der Waals surface area (Å²) >= 11 is 0. The molecule has 1 fully saturated rings. The number of aliphatic hydroxyl groups is 1. The van der Waals surface area contributed by atoms with Crippen molar-refractivity contribution in [3.8, 4) is 0 Å². The second-order valence-corrected chi connectivity index (χ2v) is 11.4. The SMILES string of the molecule is CC(C)c1ccc(CCCC(=O)c2ccc([C@H]3CC[C@@](CO)(NC(=O)OC(C)(C)C)C3)n2C)cc1. The summed E-state index contributed by atoms with van der Waals surface area (Å²) in [5.74, 6) is 0.826. The molecule has 35 heavy (non-hydrogen) atoms. The van der Waals surface area contributed by atoms with Gasteiger partial charge in [-0.2, -0.15) is 0 Å². The summed E-state index contributed by atoms with van der Waals surface area (Å²) in [6, 6.07) is 12.6. The molecule has 6 heteroatoms. The summed E-state index contributed by atoms with van der Waals surface area (Å²) < 4.78 is 7.39. The van der Waals surface area contributed by atoms with E-state index in [4.69, 9.17) is 4.74 Å². The predicted octanol–water partition coefficient (Wildman–Crippen LogP) is 5.88. The maximum Gasteiger partial charge on any atom is 0.408 e. The molecule has 6 nitrogen and oxygen atoms in total. The zero-order valence-corrected chi connectivity index (χ0v) is 22.2. The van der Waals surface area contributed by atoms with Crippen LogP contribution in [0.3, 0.4) is 0 Å². The van der Waals surface area contributed by atoms with Crippen molar-refractivity contribution in [1.82, 2.24) is 9.88 Å². The summed E-state index contributed by atoms with van der Waals surface area (Å²) in [7, 11) is 1.94. The molecule has 2 aromatic rings. The molecule has 192 valence electrons. The zero-order valence-electron chi connectivity index (χ0n) is 22.2. The van der Waals surface area contributed by atoms with Gasteiger partial charge in [0.15, 0.2) is 5.78 Å². The van der Waals surface area contributed by atoms with Crippen molar-refractivity contribution in [3.05, 3.63) is 58.9 Å². The number of carbonyl (C=O) groups excluding carboxylic acids is 2. The molecule has 2 N–H and O–H groups in total. The number of aryl methyl sites for hydroxylation is 1. The van der Waals surface area contributed by atoms with E-state index in [1.807, 2.05) is 44.5 Å². The van der Waals surface area contributed by atoms with Gasteiger partial charge in [0.05, 0.1) is 17.8 Å². The Morgan fingerprint density at radius 3 is 2.46 bits per heavy atom. The smallest absolute Gasteiger partial charge is 0.408 e. The molecule has 0 bridgehead atoms. The molecule has 1 heterocycles. The van der Waals surface area contributed by atoms with E-state index in [1.165, 1.54) is 11.1 Å². The molecule has 1 amide bonds. The van der Waals surface area contributed by atoms with Crippen molar-refractivity contribution >= 4 is 11.9 Å². The number of nitrogens with one attached hydrogen (secondary N) is 1. The van der Waals surface area contributed by atoms with E-state index in [2.05, 4.69) is 43.4 Å². The third kappa shape index (κ3) is 6.97. The average molecular weight is 483 g/mol. The summed E-state index contributed by atoms with van der Waals surface area (Å²) in [4.78, 5) is 25.3. The minimum atomic E-state index is -0.702. The molecular weight excluding hydrogens is 440 g/mol. The number of amides is 1. The van der Waals surface area contributed by atoms with Gasteiger partial charge >= 0.3 is 6.09 Å². The topological polar surface area (TPSA) is 80.6 Å². The normalized spacial score (nSPS) is 20.3. The minimum Gasteiger partial charge on any atom is -0.444 e. The Hall–Kier alpha value is -2.60. The number of hydrogen-bond donors (Lipinski definition) is 2. The summed E-state index contributed by atoms with van der Waals surface area (Å²) in [6.07, 6.45) is 3.81. The van der Waals surface area contributed by atoms with Crippen LogP contribution in [0.4, 0.5) is 4.79 Å². The number of aromatic nitrogens is 1. The van der Waals surface area contributed by atoms with Crippen molar-refractivity contribution in [3.63, 3.8) is 0 Å². The number of carbonyl (C=O) groups is 2. The second-order valence-electron chi connectivity index (χ2n) is 11.4. The number of Topliss-reactive ketones (excluding diaryl/α,β-unsaturated/α-hetero) is 1. The number of hydrogen-bond acceptors (Lipinski definition) is 4. The highest BCUT2D eigenvalue weighted by Gasteiger charge is 2.42. The number of nitrogens with zero attached hydrogens (tertiary/aromatic N) is 1. The molecule has 0 unspecified atom stereocenters. The molecule has 1 aliphatic carbocycles. The van der Waals surface area contributed by atoms with Crippen LogP contribution in [0.2, 0.25) is 0 Å². The van der Waals surface area contributed by atoms with Gasteiger partial charge in [0.2, 0.25) is 0 Å². The Morgan fingerprint density at radius 2 is 1.86 bits per heavy atom. The molecule has 0 aliphatic heterocycles. The van der Waals surface area contributed by atoms with Gasteiger partial charge in [0.25, 0.3) is 0 Å². The van der Waals surface area contributed by atoms with E-state index >= 15 is 0 Å². The average Bonchev–Trinajstić information content (AvgIpc) is 3.36. The Labute approximate surface area is 210 Å².